The van der Waals surface area contributed by atoms with Gasteiger partial charge < -0.3 is 0 Å². The number of benzene rings is 1. The molecule has 0 saturated heterocycles. The van der Waals surface area contributed by atoms with Gasteiger partial charge in [0.1, 0.15) is 0 Å². The molecule has 20 heavy (non-hydrogen) atoms. The molecule has 0 amide bonds. The molecular weight excluding hydrogens is 358 g/mol. The van der Waals surface area contributed by atoms with E-state index >= 15 is 0 Å². The Morgan fingerprint density at radius 3 is 2.45 bits per heavy atom. The van der Waals surface area contributed by atoms with Crippen molar-refractivity contribution in [2.45, 2.75) is 26.2 Å². The fourth-order valence-corrected chi connectivity index (χ4v) is 2.39. The van der Waals surface area contributed by atoms with Crippen molar-refractivity contribution >= 4 is 51.3 Å². The van der Waals surface area contributed by atoms with Crippen molar-refractivity contribution in [2.75, 3.05) is 5.43 Å². The van der Waals surface area contributed by atoms with Crippen LogP contribution in [0.4, 0.5) is 5.13 Å². The Morgan fingerprint density at radius 2 is 1.90 bits per heavy atom. The molecule has 6 heteroatoms. The summed E-state index contributed by atoms with van der Waals surface area (Å²) in [6.07, 6.45) is 1.74. The maximum Gasteiger partial charge on any atom is 0.203 e. The fourth-order valence-electron chi connectivity index (χ4n) is 1.38. The Morgan fingerprint density at radius 1 is 1.25 bits per heavy atom. The normalized spacial score (nSPS) is 11.4. The summed E-state index contributed by atoms with van der Waals surface area (Å²) < 4.78 is 0. The highest BCUT2D eigenvalue weighted by Gasteiger charge is 2.17. The van der Waals surface area contributed by atoms with Gasteiger partial charge in [-0.3, -0.25) is 5.43 Å². The molecule has 0 aliphatic carbocycles. The molecule has 0 unspecified atom stereocenters. The molecule has 0 radical (unpaired) electrons. The van der Waals surface area contributed by atoms with Crippen molar-refractivity contribution in [3.63, 3.8) is 0 Å². The van der Waals surface area contributed by atoms with Crippen LogP contribution >= 0.6 is 39.9 Å². The zero-order chi connectivity index (χ0) is 13.9. The number of hydrogen-bond donors (Lipinski definition) is 1. The summed E-state index contributed by atoms with van der Waals surface area (Å²) in [6.45, 7) is 6.43. The van der Waals surface area contributed by atoms with E-state index in [0.29, 0.717) is 0 Å². The molecule has 0 aliphatic rings. The van der Waals surface area contributed by atoms with E-state index in [9.17, 15) is 0 Å². The molecular formula is C14H17BrClN3S. The van der Waals surface area contributed by atoms with Gasteiger partial charge in [0, 0.05) is 15.8 Å². The third-order valence-electron chi connectivity index (χ3n) is 2.52. The molecule has 1 heterocycles. The molecule has 0 atom stereocenters. The number of nitrogens with zero attached hydrogens (tertiary/aromatic N) is 2. The molecule has 1 aromatic heterocycles. The van der Waals surface area contributed by atoms with Crippen LogP contribution in [0.5, 0.6) is 0 Å². The summed E-state index contributed by atoms with van der Waals surface area (Å²) in [6, 6.07) is 7.50. The predicted octanol–water partition coefficient (Wildman–Crippen LogP) is 5.12. The minimum atomic E-state index is 0. The van der Waals surface area contributed by atoms with Crippen LogP contribution < -0.4 is 5.43 Å². The molecule has 0 bridgehead atoms. The van der Waals surface area contributed by atoms with Gasteiger partial charge in [-0.25, -0.2) is 4.98 Å². The van der Waals surface area contributed by atoms with Crippen LogP contribution in [0.15, 0.2) is 34.7 Å². The number of anilines is 1. The van der Waals surface area contributed by atoms with Crippen molar-refractivity contribution in [1.82, 2.24) is 4.98 Å². The second-order valence-electron chi connectivity index (χ2n) is 5.21. The molecule has 108 valence electrons. The molecule has 3 nitrogen and oxygen atoms in total. The molecule has 0 aliphatic heterocycles. The van der Waals surface area contributed by atoms with E-state index in [1.54, 1.807) is 17.6 Å². The summed E-state index contributed by atoms with van der Waals surface area (Å²) in [7, 11) is 0. The maximum absolute atomic E-state index is 5.82. The quantitative estimate of drug-likeness (QED) is 0.598. The number of nitrogens with one attached hydrogen (secondary N) is 1. The number of hydrazone groups is 1. The van der Waals surface area contributed by atoms with Crippen LogP contribution in [-0.2, 0) is 5.41 Å². The van der Waals surface area contributed by atoms with Crippen molar-refractivity contribution in [2.24, 2.45) is 5.10 Å². The van der Waals surface area contributed by atoms with E-state index in [1.165, 1.54) is 0 Å². The zero-order valence-corrected chi connectivity index (χ0v) is 14.8. The lowest BCUT2D eigenvalue weighted by atomic mass is 9.93. The molecule has 0 spiro atoms. The van der Waals surface area contributed by atoms with Gasteiger partial charge in [-0.1, -0.05) is 44.5 Å². The molecule has 1 N–H and O–H groups in total. The largest absolute Gasteiger partial charge is 0.253 e. The third kappa shape index (κ3) is 4.89. The minimum Gasteiger partial charge on any atom is -0.253 e. The summed E-state index contributed by atoms with van der Waals surface area (Å²) in [5.74, 6) is 0. The Bertz CT molecular complexity index is 573. The van der Waals surface area contributed by atoms with Crippen LogP contribution in [0.3, 0.4) is 0 Å². The maximum atomic E-state index is 5.82. The first-order valence-corrected chi connectivity index (χ1v) is 7.21. The first kappa shape index (κ1) is 17.1. The predicted molar refractivity (Wildman–Crippen MR) is 93.8 cm³/mol. The van der Waals surface area contributed by atoms with E-state index in [0.717, 1.165) is 21.4 Å². The molecule has 0 saturated carbocycles. The monoisotopic (exact) mass is 373 g/mol. The summed E-state index contributed by atoms with van der Waals surface area (Å²) >= 11 is 7.38. The summed E-state index contributed by atoms with van der Waals surface area (Å²) in [5, 5.41) is 7.75. The second kappa shape index (κ2) is 7.20. The number of thiazole rings is 1. The Labute approximate surface area is 138 Å². The van der Waals surface area contributed by atoms with E-state index in [-0.39, 0.29) is 22.4 Å². The number of hydrogen-bond acceptors (Lipinski definition) is 4. The molecule has 2 rings (SSSR count). The van der Waals surface area contributed by atoms with Crippen molar-refractivity contribution in [3.05, 3.63) is 45.9 Å². The van der Waals surface area contributed by atoms with E-state index in [2.05, 4.69) is 41.7 Å². The number of aromatic nitrogens is 1. The van der Waals surface area contributed by atoms with Crippen LogP contribution in [0, 0.1) is 0 Å². The van der Waals surface area contributed by atoms with Gasteiger partial charge in [0.25, 0.3) is 0 Å². The zero-order valence-electron chi connectivity index (χ0n) is 11.6. The van der Waals surface area contributed by atoms with Crippen LogP contribution in [0.1, 0.15) is 32.0 Å². The molecule has 1 aromatic carbocycles. The van der Waals surface area contributed by atoms with Gasteiger partial charge in [-0.05, 0) is 17.7 Å². The lowest BCUT2D eigenvalue weighted by Gasteiger charge is -2.13. The minimum absolute atomic E-state index is 0. The third-order valence-corrected chi connectivity index (χ3v) is 3.52. The van der Waals surface area contributed by atoms with Gasteiger partial charge in [-0.15, -0.1) is 28.3 Å². The van der Waals surface area contributed by atoms with E-state index in [1.807, 2.05) is 24.3 Å². The lowest BCUT2D eigenvalue weighted by molar-refractivity contribution is 0.573. The second-order valence-corrected chi connectivity index (χ2v) is 6.50. The van der Waals surface area contributed by atoms with E-state index < -0.39 is 0 Å². The molecule has 2 aromatic rings. The highest BCUT2D eigenvalue weighted by atomic mass is 79.9. The smallest absolute Gasteiger partial charge is 0.203 e. The highest BCUT2D eigenvalue weighted by molar-refractivity contribution is 8.93. The topological polar surface area (TPSA) is 37.3 Å². The first-order chi connectivity index (χ1) is 8.95. The van der Waals surface area contributed by atoms with Gasteiger partial charge in [0.15, 0.2) is 0 Å². The fraction of sp³-hybridized carbons (Fsp3) is 0.286. The van der Waals surface area contributed by atoms with Gasteiger partial charge in [0.05, 0.1) is 11.9 Å². The average Bonchev–Trinajstić information content (AvgIpc) is 2.80. The summed E-state index contributed by atoms with van der Waals surface area (Å²) in [4.78, 5) is 4.50. The van der Waals surface area contributed by atoms with Crippen LogP contribution in [-0.4, -0.2) is 11.2 Å². The molecule has 0 fully saturated rings. The average molecular weight is 375 g/mol. The first-order valence-electron chi connectivity index (χ1n) is 5.96. The lowest BCUT2D eigenvalue weighted by Crippen LogP contribution is -2.11. The van der Waals surface area contributed by atoms with Crippen molar-refractivity contribution in [3.8, 4) is 0 Å². The Kier molecular flexibility index (Phi) is 6.17. The van der Waals surface area contributed by atoms with Crippen LogP contribution in [0.25, 0.3) is 0 Å². The Balaban J connectivity index is 0.00000200. The standard InChI is InChI=1S/C14H16ClN3S.BrH/c1-14(2,3)12-9-19-13(17-12)18-16-8-10-4-6-11(15)7-5-10;/h4-9H,1-3H3,(H,17,18);1H/b16-8+;. The van der Waals surface area contributed by atoms with Gasteiger partial charge in [-0.2, -0.15) is 5.10 Å². The Hall–Kier alpha value is -0.910. The van der Waals surface area contributed by atoms with Crippen LogP contribution in [0.2, 0.25) is 5.02 Å². The number of halogens is 2. The number of rotatable bonds is 3. The van der Waals surface area contributed by atoms with Gasteiger partial charge in [0.2, 0.25) is 5.13 Å². The SMILES string of the molecule is Br.CC(C)(C)c1csc(N/N=C/c2ccc(Cl)cc2)n1. The van der Waals surface area contributed by atoms with E-state index in [4.69, 9.17) is 11.6 Å². The van der Waals surface area contributed by atoms with Gasteiger partial charge >= 0.3 is 0 Å². The highest BCUT2D eigenvalue weighted by Crippen LogP contribution is 2.26. The summed E-state index contributed by atoms with van der Waals surface area (Å²) in [5.41, 5.74) is 5.07. The van der Waals surface area contributed by atoms with Crippen molar-refractivity contribution in [1.29, 1.82) is 0 Å². The van der Waals surface area contributed by atoms with Crippen molar-refractivity contribution < 1.29 is 0 Å².